The van der Waals surface area contributed by atoms with Gasteiger partial charge in [0.2, 0.25) is 16.0 Å². The molecule has 0 unspecified atom stereocenters. The lowest BCUT2D eigenvalue weighted by Gasteiger charge is -2.00. The highest BCUT2D eigenvalue weighted by Crippen LogP contribution is 2.31. The smallest absolute Gasteiger partial charge is 0.236 e. The molecule has 1 fully saturated rings. The van der Waals surface area contributed by atoms with Crippen molar-refractivity contribution < 1.29 is 9.18 Å². The standard InChI is InChI=1S/C14H12FN5OS/c1-7-2-3-9(6-10(7)15)11-17-18-14-20(11)19-13(22-14)16-12(21)8-4-5-8/h2-3,6,8H,4-5H2,1H3,(H,16,19,21). The highest BCUT2D eigenvalue weighted by Gasteiger charge is 2.30. The number of hydrogen-bond acceptors (Lipinski definition) is 5. The van der Waals surface area contributed by atoms with Gasteiger partial charge < -0.3 is 5.32 Å². The predicted molar refractivity (Wildman–Crippen MR) is 80.1 cm³/mol. The van der Waals surface area contributed by atoms with Crippen molar-refractivity contribution in [3.63, 3.8) is 0 Å². The monoisotopic (exact) mass is 317 g/mol. The minimum Gasteiger partial charge on any atom is -0.300 e. The van der Waals surface area contributed by atoms with Crippen LogP contribution >= 0.6 is 11.3 Å². The van der Waals surface area contributed by atoms with Crippen molar-refractivity contribution in [2.45, 2.75) is 19.8 Å². The fourth-order valence-electron chi connectivity index (χ4n) is 2.13. The van der Waals surface area contributed by atoms with E-state index in [1.165, 1.54) is 21.9 Å². The molecule has 3 aromatic rings. The van der Waals surface area contributed by atoms with Crippen molar-refractivity contribution in [2.24, 2.45) is 5.92 Å². The van der Waals surface area contributed by atoms with Crippen molar-refractivity contribution in [1.29, 1.82) is 0 Å². The molecular formula is C14H12FN5OS. The molecule has 4 rings (SSSR count). The van der Waals surface area contributed by atoms with E-state index < -0.39 is 0 Å². The molecule has 0 radical (unpaired) electrons. The topological polar surface area (TPSA) is 72.2 Å². The van der Waals surface area contributed by atoms with Gasteiger partial charge in [0.15, 0.2) is 5.82 Å². The summed E-state index contributed by atoms with van der Waals surface area (Å²) in [6.07, 6.45) is 1.87. The average molecular weight is 317 g/mol. The number of aryl methyl sites for hydroxylation is 1. The SMILES string of the molecule is Cc1ccc(-c2nnc3sc(NC(=O)C4CC4)nn23)cc1F. The van der Waals surface area contributed by atoms with E-state index in [0.717, 1.165) is 12.8 Å². The third-order valence-corrected chi connectivity index (χ3v) is 4.41. The zero-order valence-corrected chi connectivity index (χ0v) is 12.5. The van der Waals surface area contributed by atoms with Gasteiger partial charge in [-0.05, 0) is 31.4 Å². The van der Waals surface area contributed by atoms with Crippen LogP contribution in [0.2, 0.25) is 0 Å². The Labute approximate surface area is 129 Å². The molecule has 6 nitrogen and oxygen atoms in total. The Morgan fingerprint density at radius 2 is 2.23 bits per heavy atom. The lowest BCUT2D eigenvalue weighted by atomic mass is 10.1. The number of fused-ring (bicyclic) bond motifs is 1. The van der Waals surface area contributed by atoms with Crippen molar-refractivity contribution in [1.82, 2.24) is 19.8 Å². The maximum absolute atomic E-state index is 13.7. The van der Waals surface area contributed by atoms with E-state index in [0.29, 0.717) is 27.0 Å². The Morgan fingerprint density at radius 3 is 2.95 bits per heavy atom. The minimum atomic E-state index is -0.299. The fraction of sp³-hybridized carbons (Fsp3) is 0.286. The summed E-state index contributed by atoms with van der Waals surface area (Å²) in [6, 6.07) is 4.87. The molecule has 2 aromatic heterocycles. The maximum Gasteiger partial charge on any atom is 0.236 e. The van der Waals surface area contributed by atoms with E-state index in [9.17, 15) is 9.18 Å². The zero-order chi connectivity index (χ0) is 15.3. The number of halogens is 1. The van der Waals surface area contributed by atoms with Gasteiger partial charge in [-0.3, -0.25) is 4.79 Å². The summed E-state index contributed by atoms with van der Waals surface area (Å²) in [5, 5.41) is 15.6. The van der Waals surface area contributed by atoms with Crippen LogP contribution in [-0.4, -0.2) is 25.7 Å². The van der Waals surface area contributed by atoms with E-state index in [1.54, 1.807) is 19.1 Å². The van der Waals surface area contributed by atoms with Crippen LogP contribution in [0.4, 0.5) is 9.52 Å². The molecule has 0 saturated heterocycles. The highest BCUT2D eigenvalue weighted by molar-refractivity contribution is 7.20. The summed E-state index contributed by atoms with van der Waals surface area (Å²) in [6.45, 7) is 1.70. The summed E-state index contributed by atoms with van der Waals surface area (Å²) in [5.74, 6) is 0.261. The molecule has 1 aliphatic rings. The normalized spacial score (nSPS) is 14.5. The molecular weight excluding hydrogens is 305 g/mol. The Kier molecular flexibility index (Phi) is 2.93. The van der Waals surface area contributed by atoms with Crippen LogP contribution in [0.5, 0.6) is 0 Å². The summed E-state index contributed by atoms with van der Waals surface area (Å²) < 4.78 is 15.2. The molecule has 0 atom stereocenters. The van der Waals surface area contributed by atoms with Gasteiger partial charge in [0.05, 0.1) is 0 Å². The molecule has 1 N–H and O–H groups in total. The van der Waals surface area contributed by atoms with Crippen LogP contribution in [-0.2, 0) is 4.79 Å². The van der Waals surface area contributed by atoms with Gasteiger partial charge in [-0.2, -0.15) is 4.52 Å². The fourth-order valence-corrected chi connectivity index (χ4v) is 2.87. The van der Waals surface area contributed by atoms with E-state index in [-0.39, 0.29) is 17.6 Å². The van der Waals surface area contributed by atoms with Crippen LogP contribution in [0.15, 0.2) is 18.2 Å². The minimum absolute atomic E-state index is 0.00658. The molecule has 2 heterocycles. The molecule has 1 aromatic carbocycles. The third-order valence-electron chi connectivity index (χ3n) is 3.60. The Bertz CT molecular complexity index is 883. The van der Waals surface area contributed by atoms with Crippen molar-refractivity contribution in [3.8, 4) is 11.4 Å². The first-order valence-electron chi connectivity index (χ1n) is 6.91. The number of amides is 1. The predicted octanol–water partition coefficient (Wildman–Crippen LogP) is 2.65. The van der Waals surface area contributed by atoms with Gasteiger partial charge in [0.1, 0.15) is 5.82 Å². The second-order valence-electron chi connectivity index (χ2n) is 5.35. The lowest BCUT2D eigenvalue weighted by molar-refractivity contribution is -0.117. The maximum atomic E-state index is 13.7. The molecule has 0 aliphatic heterocycles. The number of aromatic nitrogens is 4. The molecule has 1 aliphatic carbocycles. The molecule has 1 saturated carbocycles. The summed E-state index contributed by atoms with van der Waals surface area (Å²) in [4.78, 5) is 12.3. The van der Waals surface area contributed by atoms with E-state index >= 15 is 0 Å². The number of benzene rings is 1. The Hall–Kier alpha value is -2.35. The summed E-state index contributed by atoms with van der Waals surface area (Å²) >= 11 is 1.25. The summed E-state index contributed by atoms with van der Waals surface area (Å²) in [7, 11) is 0. The van der Waals surface area contributed by atoms with Crippen molar-refractivity contribution in [3.05, 3.63) is 29.6 Å². The molecule has 22 heavy (non-hydrogen) atoms. The van der Waals surface area contributed by atoms with E-state index in [2.05, 4.69) is 20.6 Å². The average Bonchev–Trinajstić information content (AvgIpc) is 3.16. The number of nitrogens with zero attached hydrogens (tertiary/aromatic N) is 4. The van der Waals surface area contributed by atoms with Gasteiger partial charge in [-0.15, -0.1) is 15.3 Å². The highest BCUT2D eigenvalue weighted by atomic mass is 32.1. The van der Waals surface area contributed by atoms with Crippen molar-refractivity contribution in [2.75, 3.05) is 5.32 Å². The zero-order valence-electron chi connectivity index (χ0n) is 11.7. The molecule has 1 amide bonds. The van der Waals surface area contributed by atoms with Crippen LogP contribution < -0.4 is 5.32 Å². The second-order valence-corrected chi connectivity index (χ2v) is 6.31. The summed E-state index contributed by atoms with van der Waals surface area (Å²) in [5.41, 5.74) is 1.17. The first-order valence-corrected chi connectivity index (χ1v) is 7.73. The van der Waals surface area contributed by atoms with Crippen molar-refractivity contribution >= 4 is 27.3 Å². The van der Waals surface area contributed by atoms with Gasteiger partial charge in [-0.25, -0.2) is 4.39 Å². The number of nitrogens with one attached hydrogen (secondary N) is 1. The number of anilines is 1. The van der Waals surface area contributed by atoms with Crippen LogP contribution in [0.3, 0.4) is 0 Å². The first kappa shape index (κ1) is 13.3. The number of carbonyl (C=O) groups excluding carboxylic acids is 1. The second kappa shape index (κ2) is 4.84. The number of carbonyl (C=O) groups is 1. The lowest BCUT2D eigenvalue weighted by Crippen LogP contribution is -2.13. The van der Waals surface area contributed by atoms with Gasteiger partial charge in [0, 0.05) is 11.5 Å². The van der Waals surface area contributed by atoms with Crippen LogP contribution in [0, 0.1) is 18.7 Å². The number of rotatable bonds is 3. The van der Waals surface area contributed by atoms with Crippen LogP contribution in [0.25, 0.3) is 16.3 Å². The van der Waals surface area contributed by atoms with E-state index in [4.69, 9.17) is 0 Å². The first-order chi connectivity index (χ1) is 10.6. The van der Waals surface area contributed by atoms with Gasteiger partial charge >= 0.3 is 0 Å². The Morgan fingerprint density at radius 1 is 1.41 bits per heavy atom. The molecule has 0 bridgehead atoms. The molecule has 0 spiro atoms. The molecule has 112 valence electrons. The van der Waals surface area contributed by atoms with Gasteiger partial charge in [0.25, 0.3) is 0 Å². The quantitative estimate of drug-likeness (QED) is 0.806. The van der Waals surface area contributed by atoms with Crippen LogP contribution in [0.1, 0.15) is 18.4 Å². The molecule has 8 heteroatoms. The van der Waals surface area contributed by atoms with E-state index in [1.807, 2.05) is 0 Å². The Balaban J connectivity index is 1.70. The van der Waals surface area contributed by atoms with Gasteiger partial charge in [-0.1, -0.05) is 23.5 Å². The third kappa shape index (κ3) is 2.25. The number of hydrogen-bond donors (Lipinski definition) is 1. The largest absolute Gasteiger partial charge is 0.300 e.